The van der Waals surface area contributed by atoms with Crippen molar-refractivity contribution in [2.24, 2.45) is 0 Å². The summed E-state index contributed by atoms with van der Waals surface area (Å²) in [5.41, 5.74) is 3.67. The number of para-hydroxylation sites is 1. The molecule has 1 saturated heterocycles. The van der Waals surface area contributed by atoms with Crippen LogP contribution < -0.4 is 15.5 Å². The van der Waals surface area contributed by atoms with E-state index in [0.717, 1.165) is 35.6 Å². The van der Waals surface area contributed by atoms with Gasteiger partial charge in [0, 0.05) is 30.0 Å². The van der Waals surface area contributed by atoms with Crippen LogP contribution in [0.15, 0.2) is 48.5 Å². The van der Waals surface area contributed by atoms with Crippen LogP contribution in [0, 0.1) is 0 Å². The minimum absolute atomic E-state index is 0.0919. The minimum Gasteiger partial charge on any atom is -0.374 e. The van der Waals surface area contributed by atoms with Gasteiger partial charge in [0.15, 0.2) is 0 Å². The second kappa shape index (κ2) is 8.25. The van der Waals surface area contributed by atoms with E-state index in [0.29, 0.717) is 12.3 Å². The van der Waals surface area contributed by atoms with Crippen molar-refractivity contribution >= 4 is 28.9 Å². The van der Waals surface area contributed by atoms with Crippen LogP contribution in [0.4, 0.5) is 17.1 Å². The number of benzene rings is 2. The van der Waals surface area contributed by atoms with Gasteiger partial charge in [-0.2, -0.15) is 0 Å². The van der Waals surface area contributed by atoms with Crippen molar-refractivity contribution in [3.8, 4) is 0 Å². The van der Waals surface area contributed by atoms with Gasteiger partial charge >= 0.3 is 0 Å². The van der Waals surface area contributed by atoms with Gasteiger partial charge in [-0.05, 0) is 49.1 Å². The molecular formula is C22H27N3O2. The van der Waals surface area contributed by atoms with E-state index >= 15 is 0 Å². The highest BCUT2D eigenvalue weighted by atomic mass is 16.2. The van der Waals surface area contributed by atoms with E-state index in [-0.39, 0.29) is 11.8 Å². The fourth-order valence-electron chi connectivity index (χ4n) is 3.36. The lowest BCUT2D eigenvalue weighted by molar-refractivity contribution is -0.117. The fraction of sp³-hybridized carbons (Fsp3) is 0.364. The van der Waals surface area contributed by atoms with E-state index in [1.807, 2.05) is 55.5 Å². The molecule has 2 N–H and O–H groups in total. The normalized spacial score (nSPS) is 15.1. The molecule has 2 aromatic carbocycles. The number of hydrogen-bond acceptors (Lipinski definition) is 3. The van der Waals surface area contributed by atoms with Gasteiger partial charge in [-0.1, -0.05) is 38.1 Å². The third-order valence-electron chi connectivity index (χ3n) is 4.85. The molecule has 2 amide bonds. The molecule has 5 nitrogen and oxygen atoms in total. The molecule has 0 spiro atoms. The first-order chi connectivity index (χ1) is 13.0. The van der Waals surface area contributed by atoms with E-state index in [4.69, 9.17) is 0 Å². The van der Waals surface area contributed by atoms with Gasteiger partial charge in [0.05, 0.1) is 0 Å². The Balaban J connectivity index is 1.68. The number of carbonyl (C=O) groups excluding carboxylic acids is 2. The molecule has 142 valence electrons. The maximum absolute atomic E-state index is 12.6. The maximum atomic E-state index is 12.6. The Hall–Kier alpha value is -2.82. The molecule has 1 aliphatic rings. The standard InChI is InChI=1S/C22H27N3O2/c1-15(2)19-10-4-5-11-20(19)24-22(27)16(3)23-17-8-6-9-18(14-17)25-13-7-12-21(25)26/h4-6,8-11,14-16,23H,7,12-13H2,1-3H3,(H,24,27)/t16-/m1/s1. The van der Waals surface area contributed by atoms with Gasteiger partial charge in [-0.3, -0.25) is 9.59 Å². The first-order valence-corrected chi connectivity index (χ1v) is 9.52. The molecule has 1 heterocycles. The molecule has 0 aliphatic carbocycles. The molecule has 2 aromatic rings. The van der Waals surface area contributed by atoms with Crippen LogP contribution in [-0.4, -0.2) is 24.4 Å². The number of anilines is 3. The Morgan fingerprint density at radius 2 is 1.85 bits per heavy atom. The van der Waals surface area contributed by atoms with Crippen LogP contribution >= 0.6 is 0 Å². The van der Waals surface area contributed by atoms with Crippen LogP contribution in [0.1, 0.15) is 45.1 Å². The van der Waals surface area contributed by atoms with Crippen molar-refractivity contribution in [1.29, 1.82) is 0 Å². The van der Waals surface area contributed by atoms with Crippen LogP contribution in [0.5, 0.6) is 0 Å². The zero-order chi connectivity index (χ0) is 19.4. The van der Waals surface area contributed by atoms with Gasteiger partial charge in [-0.15, -0.1) is 0 Å². The Kier molecular flexibility index (Phi) is 5.79. The summed E-state index contributed by atoms with van der Waals surface area (Å²) in [5.74, 6) is 0.397. The average Bonchev–Trinajstić information content (AvgIpc) is 3.08. The van der Waals surface area contributed by atoms with Gasteiger partial charge in [0.25, 0.3) is 0 Å². The smallest absolute Gasteiger partial charge is 0.246 e. The van der Waals surface area contributed by atoms with E-state index in [2.05, 4.69) is 24.5 Å². The third-order valence-corrected chi connectivity index (χ3v) is 4.85. The lowest BCUT2D eigenvalue weighted by Crippen LogP contribution is -2.32. The first kappa shape index (κ1) is 19.0. The summed E-state index contributed by atoms with van der Waals surface area (Å²) in [7, 11) is 0. The summed E-state index contributed by atoms with van der Waals surface area (Å²) in [4.78, 5) is 26.4. The summed E-state index contributed by atoms with van der Waals surface area (Å²) in [6, 6.07) is 15.1. The number of carbonyl (C=O) groups is 2. The largest absolute Gasteiger partial charge is 0.374 e. The van der Waals surface area contributed by atoms with Crippen LogP contribution in [0.2, 0.25) is 0 Å². The minimum atomic E-state index is -0.408. The number of rotatable bonds is 6. The van der Waals surface area contributed by atoms with E-state index in [9.17, 15) is 9.59 Å². The van der Waals surface area contributed by atoms with Crippen LogP contribution in [0.3, 0.4) is 0 Å². The fourth-order valence-corrected chi connectivity index (χ4v) is 3.36. The lowest BCUT2D eigenvalue weighted by Gasteiger charge is -2.20. The van der Waals surface area contributed by atoms with Gasteiger partial charge in [0.1, 0.15) is 6.04 Å². The zero-order valence-electron chi connectivity index (χ0n) is 16.2. The van der Waals surface area contributed by atoms with Crippen molar-refractivity contribution in [1.82, 2.24) is 0 Å². The Bertz CT molecular complexity index is 832. The molecule has 1 aliphatic heterocycles. The average molecular weight is 365 g/mol. The highest BCUT2D eigenvalue weighted by molar-refractivity contribution is 5.98. The monoisotopic (exact) mass is 365 g/mol. The van der Waals surface area contributed by atoms with E-state index in [1.54, 1.807) is 4.90 Å². The molecule has 1 fully saturated rings. The summed E-state index contributed by atoms with van der Waals surface area (Å²) >= 11 is 0. The second-order valence-electron chi connectivity index (χ2n) is 7.30. The van der Waals surface area contributed by atoms with E-state index in [1.165, 1.54) is 0 Å². The molecule has 0 saturated carbocycles. The summed E-state index contributed by atoms with van der Waals surface area (Å²) < 4.78 is 0. The molecule has 0 radical (unpaired) electrons. The van der Waals surface area contributed by atoms with Gasteiger partial charge < -0.3 is 15.5 Å². The Morgan fingerprint density at radius 1 is 1.07 bits per heavy atom. The molecule has 5 heteroatoms. The zero-order valence-corrected chi connectivity index (χ0v) is 16.2. The van der Waals surface area contributed by atoms with Crippen molar-refractivity contribution in [2.75, 3.05) is 22.1 Å². The molecule has 0 aromatic heterocycles. The number of nitrogens with one attached hydrogen (secondary N) is 2. The van der Waals surface area contributed by atoms with Crippen molar-refractivity contribution < 1.29 is 9.59 Å². The summed E-state index contributed by atoms with van der Waals surface area (Å²) in [6.07, 6.45) is 1.50. The molecule has 0 unspecified atom stereocenters. The number of amides is 2. The summed E-state index contributed by atoms with van der Waals surface area (Å²) in [5, 5.41) is 6.26. The van der Waals surface area contributed by atoms with Crippen LogP contribution in [-0.2, 0) is 9.59 Å². The molecule has 27 heavy (non-hydrogen) atoms. The predicted octanol–water partition coefficient (Wildman–Crippen LogP) is 4.38. The SMILES string of the molecule is CC(C)c1ccccc1NC(=O)[C@@H](C)Nc1cccc(N2CCCC2=O)c1. The lowest BCUT2D eigenvalue weighted by atomic mass is 10.0. The van der Waals surface area contributed by atoms with Crippen molar-refractivity contribution in [3.05, 3.63) is 54.1 Å². The molecule has 1 atom stereocenters. The Labute approximate surface area is 160 Å². The predicted molar refractivity (Wildman–Crippen MR) is 110 cm³/mol. The molecule has 0 bridgehead atoms. The number of nitrogens with zero attached hydrogens (tertiary/aromatic N) is 1. The van der Waals surface area contributed by atoms with Crippen molar-refractivity contribution in [3.63, 3.8) is 0 Å². The van der Waals surface area contributed by atoms with Crippen LogP contribution in [0.25, 0.3) is 0 Å². The number of hydrogen-bond donors (Lipinski definition) is 2. The van der Waals surface area contributed by atoms with Gasteiger partial charge in [-0.25, -0.2) is 0 Å². The van der Waals surface area contributed by atoms with E-state index < -0.39 is 6.04 Å². The highest BCUT2D eigenvalue weighted by Crippen LogP contribution is 2.26. The molecule has 3 rings (SSSR count). The second-order valence-corrected chi connectivity index (χ2v) is 7.30. The van der Waals surface area contributed by atoms with Crippen molar-refractivity contribution in [2.45, 2.75) is 45.6 Å². The summed E-state index contributed by atoms with van der Waals surface area (Å²) in [6.45, 7) is 6.81. The first-order valence-electron chi connectivity index (χ1n) is 9.52. The Morgan fingerprint density at radius 3 is 2.56 bits per heavy atom. The molecular weight excluding hydrogens is 338 g/mol. The maximum Gasteiger partial charge on any atom is 0.246 e. The van der Waals surface area contributed by atoms with Gasteiger partial charge in [0.2, 0.25) is 11.8 Å². The topological polar surface area (TPSA) is 61.4 Å². The highest BCUT2D eigenvalue weighted by Gasteiger charge is 2.22. The third kappa shape index (κ3) is 4.48. The quantitative estimate of drug-likeness (QED) is 0.799.